The predicted molar refractivity (Wildman–Crippen MR) is 108 cm³/mol. The first kappa shape index (κ1) is 26.3. The lowest BCUT2D eigenvalue weighted by molar-refractivity contribution is -0.272. The van der Waals surface area contributed by atoms with Crippen molar-refractivity contribution in [2.24, 2.45) is 11.7 Å². The second-order valence-electron chi connectivity index (χ2n) is 8.05. The third-order valence-corrected chi connectivity index (χ3v) is 5.99. The van der Waals surface area contributed by atoms with E-state index in [1.54, 1.807) is 0 Å². The zero-order chi connectivity index (χ0) is 26.3. The molecule has 0 unspecified atom stereocenters. The first-order valence-electron chi connectivity index (χ1n) is 10.1. The van der Waals surface area contributed by atoms with Crippen molar-refractivity contribution in [2.45, 2.75) is 44.3 Å². The van der Waals surface area contributed by atoms with Crippen LogP contribution in [-0.2, 0) is 9.53 Å². The van der Waals surface area contributed by atoms with Gasteiger partial charge >= 0.3 is 12.8 Å². The zero-order valence-electron chi connectivity index (χ0n) is 18.1. The van der Waals surface area contributed by atoms with Gasteiger partial charge in [-0.2, -0.15) is 26.3 Å². The highest BCUT2D eigenvalue weighted by atomic mass is 19.4. The highest BCUT2D eigenvalue weighted by Gasteiger charge is 2.66. The monoisotopic (exact) mass is 508 g/mol. The fourth-order valence-electron chi connectivity index (χ4n) is 4.01. The first-order chi connectivity index (χ1) is 16.2. The van der Waals surface area contributed by atoms with Crippen molar-refractivity contribution >= 4 is 17.5 Å². The van der Waals surface area contributed by atoms with E-state index in [9.17, 15) is 40.3 Å². The largest absolute Gasteiger partial charge is 0.431 e. The topological polar surface area (TPSA) is 90.6 Å². The van der Waals surface area contributed by atoms with Crippen molar-refractivity contribution in [1.82, 2.24) is 0 Å². The Morgan fingerprint density at radius 1 is 1.17 bits per heavy atom. The van der Waals surface area contributed by atoms with Gasteiger partial charge in [0.1, 0.15) is 6.10 Å². The molecule has 1 aliphatic heterocycles. The maximum absolute atomic E-state index is 14.4. The average Bonchev–Trinajstić information content (AvgIpc) is 3.04. The number of hydrogen-bond donors (Lipinski definition) is 2. The van der Waals surface area contributed by atoms with Crippen LogP contribution in [0.2, 0.25) is 0 Å². The molecule has 6 nitrogen and oxygen atoms in total. The molecule has 0 aliphatic carbocycles. The molecule has 1 aliphatic rings. The van der Waals surface area contributed by atoms with Gasteiger partial charge < -0.3 is 20.5 Å². The number of carbonyl (C=O) groups excluding carboxylic acids is 2. The smallest absolute Gasteiger partial charge is 0.417 e. The van der Waals surface area contributed by atoms with Gasteiger partial charge in [0, 0.05) is 28.7 Å². The van der Waals surface area contributed by atoms with E-state index in [0.29, 0.717) is 13.0 Å². The molecule has 35 heavy (non-hydrogen) atoms. The van der Waals surface area contributed by atoms with Crippen molar-refractivity contribution in [3.8, 4) is 5.75 Å². The zero-order valence-corrected chi connectivity index (χ0v) is 18.1. The second kappa shape index (κ2) is 9.36. The van der Waals surface area contributed by atoms with Crippen LogP contribution in [0.25, 0.3) is 0 Å². The van der Waals surface area contributed by atoms with E-state index in [0.717, 1.165) is 19.1 Å². The molecule has 0 radical (unpaired) electrons. The van der Waals surface area contributed by atoms with Crippen LogP contribution in [0, 0.1) is 17.6 Å². The summed E-state index contributed by atoms with van der Waals surface area (Å²) in [5, 5.41) is 2.28. The number of benzene rings is 2. The number of primary amides is 1. The van der Waals surface area contributed by atoms with Gasteiger partial charge in [0.05, 0.1) is 0 Å². The number of ether oxygens (including phenoxy) is 2. The number of anilines is 1. The molecular weight excluding hydrogens is 489 g/mol. The molecule has 1 fully saturated rings. The molecule has 3 rings (SSSR count). The van der Waals surface area contributed by atoms with E-state index >= 15 is 0 Å². The van der Waals surface area contributed by atoms with Gasteiger partial charge in [0.2, 0.25) is 11.7 Å². The molecule has 13 heteroatoms. The fraction of sp³-hybridized carbons (Fsp3) is 0.364. The molecule has 4 atom stereocenters. The maximum Gasteiger partial charge on any atom is 0.417 e. The molecule has 2 aromatic rings. The maximum atomic E-state index is 14.4. The molecule has 190 valence electrons. The summed E-state index contributed by atoms with van der Waals surface area (Å²) < 4.78 is 105. The minimum absolute atomic E-state index is 0.0200. The van der Waals surface area contributed by atoms with Crippen molar-refractivity contribution in [3.63, 3.8) is 0 Å². The Bertz CT molecular complexity index is 1140. The van der Waals surface area contributed by atoms with Crippen molar-refractivity contribution in [3.05, 3.63) is 59.2 Å². The molecule has 1 heterocycles. The summed E-state index contributed by atoms with van der Waals surface area (Å²) in [6, 6.07) is 6.41. The molecular formula is C22H19F7N2O4. The second-order valence-corrected chi connectivity index (χ2v) is 8.05. The number of carbonyl (C=O) groups is 2. The molecule has 0 spiro atoms. The summed E-state index contributed by atoms with van der Waals surface area (Å²) in [5.41, 5.74) is 1.54. The fourth-order valence-corrected chi connectivity index (χ4v) is 4.01. The highest BCUT2D eigenvalue weighted by Crippen LogP contribution is 2.55. The van der Waals surface area contributed by atoms with Gasteiger partial charge in [-0.1, -0.05) is 19.1 Å². The van der Waals surface area contributed by atoms with Gasteiger partial charge in [-0.25, -0.2) is 4.39 Å². The minimum Gasteiger partial charge on any atom is -0.431 e. The molecule has 0 saturated carbocycles. The summed E-state index contributed by atoms with van der Waals surface area (Å²) >= 11 is 0. The van der Waals surface area contributed by atoms with Gasteiger partial charge in [-0.05, 0) is 31.2 Å². The Hall–Kier alpha value is -3.35. The Morgan fingerprint density at radius 2 is 1.83 bits per heavy atom. The van der Waals surface area contributed by atoms with Crippen LogP contribution in [0.5, 0.6) is 5.75 Å². The summed E-state index contributed by atoms with van der Waals surface area (Å²) in [6.07, 6.45) is -7.04. The van der Waals surface area contributed by atoms with Crippen LogP contribution in [0.15, 0.2) is 36.4 Å². The van der Waals surface area contributed by atoms with E-state index in [4.69, 9.17) is 10.5 Å². The normalized spacial score (nSPS) is 24.5. The first-order valence-corrected chi connectivity index (χ1v) is 10.1. The van der Waals surface area contributed by atoms with Crippen LogP contribution in [0.3, 0.4) is 0 Å². The number of amides is 2. The van der Waals surface area contributed by atoms with Gasteiger partial charge in [-0.3, -0.25) is 9.59 Å². The van der Waals surface area contributed by atoms with Gasteiger partial charge in [0.25, 0.3) is 5.91 Å². The van der Waals surface area contributed by atoms with Crippen LogP contribution >= 0.6 is 0 Å². The van der Waals surface area contributed by atoms with E-state index in [1.165, 1.54) is 18.2 Å². The Balaban J connectivity index is 2.10. The summed E-state index contributed by atoms with van der Waals surface area (Å²) in [7, 11) is 0. The Labute approximate surface area is 194 Å². The third kappa shape index (κ3) is 4.90. The quantitative estimate of drug-likeness (QED) is 0.552. The lowest BCUT2D eigenvalue weighted by Crippen LogP contribution is -2.47. The molecule has 2 aromatic carbocycles. The lowest BCUT2D eigenvalue weighted by atomic mass is 9.77. The van der Waals surface area contributed by atoms with Gasteiger partial charge in [-0.15, -0.1) is 0 Å². The van der Waals surface area contributed by atoms with E-state index in [1.807, 2.05) is 0 Å². The summed E-state index contributed by atoms with van der Waals surface area (Å²) in [4.78, 5) is 24.4. The van der Waals surface area contributed by atoms with Crippen LogP contribution in [0.1, 0.15) is 35.7 Å². The third-order valence-electron chi connectivity index (χ3n) is 5.99. The van der Waals surface area contributed by atoms with Crippen molar-refractivity contribution < 1.29 is 49.8 Å². The summed E-state index contributed by atoms with van der Waals surface area (Å²) in [6.45, 7) is -1.95. The van der Waals surface area contributed by atoms with Crippen LogP contribution in [-0.4, -0.2) is 36.3 Å². The number of nitrogens with two attached hydrogens (primary N) is 1. The molecule has 0 bridgehead atoms. The Kier molecular flexibility index (Phi) is 7.02. The number of nitrogens with one attached hydrogen (secondary N) is 1. The van der Waals surface area contributed by atoms with Crippen LogP contribution in [0.4, 0.5) is 36.4 Å². The lowest BCUT2D eigenvalue weighted by Gasteiger charge is -2.32. The van der Waals surface area contributed by atoms with Crippen LogP contribution < -0.4 is 15.8 Å². The van der Waals surface area contributed by atoms with Crippen molar-refractivity contribution in [2.75, 3.05) is 5.32 Å². The predicted octanol–water partition coefficient (Wildman–Crippen LogP) is 4.74. The SMILES string of the molecule is C[C@@H]1[C@H](c2ccc(F)c(F)c2OC(F)F)[C@@H](C(=O)Nc2cccc(C(N)=O)c2)O[C@@]1(C)C(F)(F)F. The van der Waals surface area contributed by atoms with E-state index < -0.39 is 71.1 Å². The molecule has 2 amide bonds. The molecule has 1 saturated heterocycles. The van der Waals surface area contributed by atoms with Gasteiger partial charge in [0.15, 0.2) is 17.2 Å². The number of hydrogen-bond acceptors (Lipinski definition) is 4. The number of rotatable bonds is 6. The highest BCUT2D eigenvalue weighted by molar-refractivity contribution is 5.98. The van der Waals surface area contributed by atoms with E-state index in [2.05, 4.69) is 10.1 Å². The summed E-state index contributed by atoms with van der Waals surface area (Å²) in [5.74, 6) is -10.1. The van der Waals surface area contributed by atoms with E-state index in [-0.39, 0.29) is 11.3 Å². The molecule has 0 aromatic heterocycles. The molecule has 3 N–H and O–H groups in total. The minimum atomic E-state index is -5.03. The standard InChI is InChI=1S/C22H19F7N2O4/c1-9-14(12-6-7-13(23)15(24)16(12)34-20(25)26)17(35-21(9,2)22(27,28)29)19(33)31-11-5-3-4-10(8-11)18(30)32/h3-9,14,17,20H,1-2H3,(H2,30,32)(H,31,33)/t9-,14-,17+,21-/m1/s1. The Morgan fingerprint density at radius 3 is 2.40 bits per heavy atom. The van der Waals surface area contributed by atoms with Crippen molar-refractivity contribution in [1.29, 1.82) is 0 Å². The average molecular weight is 508 g/mol. The number of alkyl halides is 5. The number of halogens is 7.